The molecule has 1 saturated carbocycles. The van der Waals surface area contributed by atoms with Crippen molar-refractivity contribution in [2.24, 2.45) is 5.41 Å². The lowest BCUT2D eigenvalue weighted by atomic mass is 9.70. The zero-order valence-corrected chi connectivity index (χ0v) is 11.6. The molecule has 0 unspecified atom stereocenters. The Balaban J connectivity index is 1.92. The second-order valence-corrected chi connectivity index (χ2v) is 5.97. The summed E-state index contributed by atoms with van der Waals surface area (Å²) in [5, 5.41) is 12.5. The maximum atomic E-state index is 5.94. The Kier molecular flexibility index (Phi) is 2.93. The zero-order chi connectivity index (χ0) is 13.5. The van der Waals surface area contributed by atoms with Gasteiger partial charge in [0.05, 0.1) is 17.3 Å². The summed E-state index contributed by atoms with van der Waals surface area (Å²) in [4.78, 5) is 0. The van der Waals surface area contributed by atoms with Crippen molar-refractivity contribution in [2.45, 2.75) is 32.7 Å². The predicted molar refractivity (Wildman–Crippen MR) is 74.6 cm³/mol. The third-order valence-electron chi connectivity index (χ3n) is 3.88. The van der Waals surface area contributed by atoms with Gasteiger partial charge < -0.3 is 5.73 Å². The third-order valence-corrected chi connectivity index (χ3v) is 4.22. The van der Waals surface area contributed by atoms with Crippen LogP contribution in [0.15, 0.2) is 18.2 Å². The van der Waals surface area contributed by atoms with Crippen LogP contribution in [0.3, 0.4) is 0 Å². The zero-order valence-electron chi connectivity index (χ0n) is 10.8. The molecule has 1 fully saturated rings. The van der Waals surface area contributed by atoms with Gasteiger partial charge in [-0.05, 0) is 46.9 Å². The second-order valence-electron chi connectivity index (χ2n) is 5.56. The quantitative estimate of drug-likeness (QED) is 0.876. The van der Waals surface area contributed by atoms with E-state index in [9.17, 15) is 0 Å². The summed E-state index contributed by atoms with van der Waals surface area (Å²) in [7, 11) is 0. The average Bonchev–Trinajstić information content (AvgIpc) is 2.79. The minimum atomic E-state index is 0.322. The first kappa shape index (κ1) is 12.4. The number of hydrogen-bond donors (Lipinski definition) is 1. The van der Waals surface area contributed by atoms with E-state index in [2.05, 4.69) is 22.4 Å². The van der Waals surface area contributed by atoms with Gasteiger partial charge in [-0.2, -0.15) is 0 Å². The van der Waals surface area contributed by atoms with Crippen molar-refractivity contribution in [3.8, 4) is 11.4 Å². The van der Waals surface area contributed by atoms with Gasteiger partial charge in [-0.25, -0.2) is 4.68 Å². The molecule has 0 radical (unpaired) electrons. The Bertz CT molecular complexity index is 603. The van der Waals surface area contributed by atoms with Gasteiger partial charge in [0.15, 0.2) is 5.82 Å². The molecule has 19 heavy (non-hydrogen) atoms. The first-order valence-corrected chi connectivity index (χ1v) is 6.77. The van der Waals surface area contributed by atoms with Crippen LogP contribution in [0.2, 0.25) is 5.02 Å². The molecule has 6 heteroatoms. The molecular formula is C13H16ClN5. The van der Waals surface area contributed by atoms with Crippen LogP contribution < -0.4 is 5.73 Å². The van der Waals surface area contributed by atoms with Crippen LogP contribution in [0.5, 0.6) is 0 Å². The first-order chi connectivity index (χ1) is 9.07. The number of hydrogen-bond acceptors (Lipinski definition) is 4. The highest BCUT2D eigenvalue weighted by atomic mass is 35.5. The van der Waals surface area contributed by atoms with Gasteiger partial charge in [0.2, 0.25) is 0 Å². The van der Waals surface area contributed by atoms with E-state index in [0.29, 0.717) is 16.1 Å². The molecule has 2 N–H and O–H groups in total. The van der Waals surface area contributed by atoms with Gasteiger partial charge in [-0.15, -0.1) is 5.10 Å². The van der Waals surface area contributed by atoms with Crippen LogP contribution in [0.25, 0.3) is 11.4 Å². The number of anilines is 1. The third kappa shape index (κ3) is 2.30. The number of rotatable bonds is 3. The number of tetrazole rings is 1. The fourth-order valence-corrected chi connectivity index (χ4v) is 2.62. The molecule has 3 rings (SSSR count). The molecule has 100 valence electrons. The van der Waals surface area contributed by atoms with Gasteiger partial charge in [-0.1, -0.05) is 24.9 Å². The molecule has 0 aliphatic heterocycles. The number of benzene rings is 1. The van der Waals surface area contributed by atoms with Crippen molar-refractivity contribution in [1.29, 1.82) is 0 Å². The van der Waals surface area contributed by atoms with E-state index in [0.717, 1.165) is 17.9 Å². The van der Waals surface area contributed by atoms with Crippen LogP contribution in [0.4, 0.5) is 5.69 Å². The lowest BCUT2D eigenvalue weighted by Gasteiger charge is -2.38. The van der Waals surface area contributed by atoms with Gasteiger partial charge in [-0.3, -0.25) is 0 Å². The highest BCUT2D eigenvalue weighted by Gasteiger charge is 2.33. The summed E-state index contributed by atoms with van der Waals surface area (Å²) >= 11 is 5.94. The normalized spacial score (nSPS) is 17.2. The monoisotopic (exact) mass is 277 g/mol. The summed E-state index contributed by atoms with van der Waals surface area (Å²) in [6.07, 6.45) is 3.76. The molecule has 2 aromatic rings. The van der Waals surface area contributed by atoms with Crippen molar-refractivity contribution in [3.63, 3.8) is 0 Å². The molecule has 0 saturated heterocycles. The minimum Gasteiger partial charge on any atom is -0.398 e. The fourth-order valence-electron chi connectivity index (χ4n) is 2.50. The Morgan fingerprint density at radius 2 is 2.21 bits per heavy atom. The van der Waals surface area contributed by atoms with E-state index in [4.69, 9.17) is 17.3 Å². The molecular weight excluding hydrogens is 262 g/mol. The fraction of sp³-hybridized carbons (Fsp3) is 0.462. The number of nitrogens with two attached hydrogens (primary N) is 1. The molecule has 1 aromatic carbocycles. The summed E-state index contributed by atoms with van der Waals surface area (Å²) in [5.41, 5.74) is 7.60. The molecule has 1 aliphatic rings. The van der Waals surface area contributed by atoms with Gasteiger partial charge >= 0.3 is 0 Å². The van der Waals surface area contributed by atoms with Crippen molar-refractivity contribution in [3.05, 3.63) is 23.2 Å². The van der Waals surface area contributed by atoms with E-state index >= 15 is 0 Å². The van der Waals surface area contributed by atoms with Crippen molar-refractivity contribution in [2.75, 3.05) is 5.73 Å². The predicted octanol–water partition coefficient (Wildman–Crippen LogP) is 2.77. The number of aromatic nitrogens is 4. The molecule has 5 nitrogen and oxygen atoms in total. The van der Waals surface area contributed by atoms with E-state index in [-0.39, 0.29) is 0 Å². The Hall–Kier alpha value is -1.62. The van der Waals surface area contributed by atoms with Crippen molar-refractivity contribution >= 4 is 17.3 Å². The van der Waals surface area contributed by atoms with E-state index in [1.54, 1.807) is 6.07 Å². The molecule has 1 heterocycles. The lowest BCUT2D eigenvalue weighted by molar-refractivity contribution is 0.126. The molecule has 0 spiro atoms. The van der Waals surface area contributed by atoms with Crippen LogP contribution in [-0.4, -0.2) is 20.2 Å². The standard InChI is InChI=1S/C13H16ClN5/c1-13(5-2-6-13)8-19-12(16-17-18-19)9-3-4-10(14)11(15)7-9/h3-4,7H,2,5-6,8,15H2,1H3. The summed E-state index contributed by atoms with van der Waals surface area (Å²) in [6, 6.07) is 5.48. The van der Waals surface area contributed by atoms with Crippen molar-refractivity contribution in [1.82, 2.24) is 20.2 Å². The SMILES string of the molecule is CC1(Cn2nnnc2-c2ccc(Cl)c(N)c2)CCC1. The van der Waals surface area contributed by atoms with Crippen LogP contribution in [-0.2, 0) is 6.54 Å². The lowest BCUT2D eigenvalue weighted by Crippen LogP contribution is -2.31. The van der Waals surface area contributed by atoms with E-state index < -0.39 is 0 Å². The average molecular weight is 278 g/mol. The number of halogens is 1. The number of nitrogens with zero attached hydrogens (tertiary/aromatic N) is 4. The maximum absolute atomic E-state index is 5.94. The summed E-state index contributed by atoms with van der Waals surface area (Å²) in [6.45, 7) is 3.12. The number of nitrogen functional groups attached to an aromatic ring is 1. The van der Waals surface area contributed by atoms with E-state index in [1.807, 2.05) is 16.8 Å². The van der Waals surface area contributed by atoms with Crippen LogP contribution in [0, 0.1) is 5.41 Å². The first-order valence-electron chi connectivity index (χ1n) is 6.39. The second kappa shape index (κ2) is 4.49. The highest BCUT2D eigenvalue weighted by molar-refractivity contribution is 6.33. The topological polar surface area (TPSA) is 69.6 Å². The Morgan fingerprint density at radius 1 is 1.42 bits per heavy atom. The van der Waals surface area contributed by atoms with Gasteiger partial charge in [0.25, 0.3) is 0 Å². The molecule has 1 aliphatic carbocycles. The summed E-state index contributed by atoms with van der Waals surface area (Å²) in [5.74, 6) is 0.747. The van der Waals surface area contributed by atoms with Crippen LogP contribution >= 0.6 is 11.6 Å². The highest BCUT2D eigenvalue weighted by Crippen LogP contribution is 2.42. The Labute approximate surface area is 116 Å². The van der Waals surface area contributed by atoms with Crippen LogP contribution in [0.1, 0.15) is 26.2 Å². The molecule has 0 bridgehead atoms. The van der Waals surface area contributed by atoms with Gasteiger partial charge in [0.1, 0.15) is 0 Å². The van der Waals surface area contributed by atoms with Crippen molar-refractivity contribution < 1.29 is 0 Å². The van der Waals surface area contributed by atoms with E-state index in [1.165, 1.54) is 19.3 Å². The minimum absolute atomic E-state index is 0.322. The van der Waals surface area contributed by atoms with Gasteiger partial charge in [0, 0.05) is 5.56 Å². The smallest absolute Gasteiger partial charge is 0.182 e. The Morgan fingerprint density at radius 3 is 2.84 bits per heavy atom. The summed E-state index contributed by atoms with van der Waals surface area (Å²) < 4.78 is 1.86. The molecule has 0 atom stereocenters. The molecule has 1 aromatic heterocycles. The maximum Gasteiger partial charge on any atom is 0.182 e. The molecule has 0 amide bonds. The largest absolute Gasteiger partial charge is 0.398 e.